The van der Waals surface area contributed by atoms with E-state index in [2.05, 4.69) is 25.4 Å². The van der Waals surface area contributed by atoms with Crippen molar-refractivity contribution in [2.75, 3.05) is 6.54 Å². The van der Waals surface area contributed by atoms with Crippen LogP contribution in [0.2, 0.25) is 0 Å². The maximum atomic E-state index is 13.6. The van der Waals surface area contributed by atoms with E-state index in [9.17, 15) is 4.89 Å². The SMILES string of the molecule is C[C@@H]1CCN(C(C)(C)C)[P+]([O-])([C@H](C)c2ccccc2)O1. The highest BCUT2D eigenvalue weighted by Crippen LogP contribution is 2.70. The zero-order valence-corrected chi connectivity index (χ0v) is 14.1. The second kappa shape index (κ2) is 5.73. The molecule has 1 unspecified atom stereocenters. The van der Waals surface area contributed by atoms with Crippen LogP contribution in [0.5, 0.6) is 0 Å². The van der Waals surface area contributed by atoms with Crippen LogP contribution in [0.25, 0.3) is 0 Å². The molecule has 1 saturated heterocycles. The molecule has 0 amide bonds. The van der Waals surface area contributed by atoms with Crippen molar-refractivity contribution in [2.45, 2.75) is 58.3 Å². The van der Waals surface area contributed by atoms with Gasteiger partial charge < -0.3 is 4.89 Å². The van der Waals surface area contributed by atoms with Gasteiger partial charge in [0.2, 0.25) is 0 Å². The summed E-state index contributed by atoms with van der Waals surface area (Å²) < 4.78 is 8.09. The van der Waals surface area contributed by atoms with E-state index in [4.69, 9.17) is 4.52 Å². The highest BCUT2D eigenvalue weighted by atomic mass is 31.2. The summed E-state index contributed by atoms with van der Waals surface area (Å²) in [7, 11) is -2.88. The Labute approximate surface area is 123 Å². The summed E-state index contributed by atoms with van der Waals surface area (Å²) in [6, 6.07) is 10.0. The molecule has 1 fully saturated rings. The van der Waals surface area contributed by atoms with Crippen molar-refractivity contribution >= 4 is 7.87 Å². The lowest BCUT2D eigenvalue weighted by atomic mass is 10.1. The molecule has 1 aromatic rings. The molecule has 4 heteroatoms. The molecule has 1 aromatic carbocycles. The first-order chi connectivity index (χ1) is 9.25. The Balaban J connectivity index is 2.36. The van der Waals surface area contributed by atoms with Crippen LogP contribution in [0.1, 0.15) is 52.3 Å². The molecule has 0 bridgehead atoms. The third kappa shape index (κ3) is 3.07. The van der Waals surface area contributed by atoms with E-state index < -0.39 is 7.87 Å². The number of rotatable bonds is 2. The Morgan fingerprint density at radius 2 is 1.90 bits per heavy atom. The maximum Gasteiger partial charge on any atom is 0.181 e. The van der Waals surface area contributed by atoms with E-state index in [0.29, 0.717) is 0 Å². The van der Waals surface area contributed by atoms with E-state index in [1.54, 1.807) is 0 Å². The second-order valence-electron chi connectivity index (χ2n) is 6.65. The summed E-state index contributed by atoms with van der Waals surface area (Å²) in [6.07, 6.45) is 0.994. The van der Waals surface area contributed by atoms with Gasteiger partial charge in [0.05, 0.1) is 0 Å². The maximum absolute atomic E-state index is 13.6. The van der Waals surface area contributed by atoms with Gasteiger partial charge in [0.25, 0.3) is 0 Å². The van der Waals surface area contributed by atoms with E-state index in [0.717, 1.165) is 18.5 Å². The molecule has 1 aliphatic rings. The minimum absolute atomic E-state index is 0.0607. The number of benzene rings is 1. The first-order valence-corrected chi connectivity index (χ1v) is 9.01. The van der Waals surface area contributed by atoms with Crippen LogP contribution in [0.3, 0.4) is 0 Å². The molecule has 0 aromatic heterocycles. The Morgan fingerprint density at radius 1 is 1.30 bits per heavy atom. The van der Waals surface area contributed by atoms with Crippen LogP contribution in [0.4, 0.5) is 0 Å². The van der Waals surface area contributed by atoms with Gasteiger partial charge in [0.1, 0.15) is 11.8 Å². The molecule has 2 rings (SSSR count). The minimum Gasteiger partial charge on any atom is -0.641 e. The molecule has 0 saturated carbocycles. The lowest BCUT2D eigenvalue weighted by Gasteiger charge is -2.51. The zero-order chi connectivity index (χ0) is 15.0. The summed E-state index contributed by atoms with van der Waals surface area (Å²) in [6.45, 7) is 11.2. The standard InChI is InChI=1S/C16H26NO2P/c1-13-11-12-17(16(3,4)5)20(18,19-13)14(2)15-9-7-6-8-10-15/h6-10,13-14H,11-12H2,1-5H3/t13-,14-,20?/m1/s1. The zero-order valence-electron chi connectivity index (χ0n) is 13.2. The highest BCUT2D eigenvalue weighted by Gasteiger charge is 2.51. The normalized spacial score (nSPS) is 30.2. The monoisotopic (exact) mass is 295 g/mol. The molecule has 1 heterocycles. The predicted octanol–water partition coefficient (Wildman–Crippen LogP) is 3.78. The summed E-state index contributed by atoms with van der Waals surface area (Å²) >= 11 is 0. The lowest BCUT2D eigenvalue weighted by molar-refractivity contribution is -0.223. The first kappa shape index (κ1) is 15.9. The average molecular weight is 295 g/mol. The fourth-order valence-corrected chi connectivity index (χ4v) is 5.90. The lowest BCUT2D eigenvalue weighted by Crippen LogP contribution is -2.51. The molecular weight excluding hydrogens is 269 g/mol. The van der Waals surface area contributed by atoms with Crippen molar-refractivity contribution in [1.29, 1.82) is 0 Å². The van der Waals surface area contributed by atoms with Crippen LogP contribution in [0.15, 0.2) is 30.3 Å². The Hall–Kier alpha value is -0.470. The molecular formula is C16H26NO2P. The largest absolute Gasteiger partial charge is 0.641 e. The van der Waals surface area contributed by atoms with Gasteiger partial charge in [-0.25, -0.2) is 4.52 Å². The predicted molar refractivity (Wildman–Crippen MR) is 83.4 cm³/mol. The number of nitrogens with zero attached hydrogens (tertiary/aromatic N) is 1. The van der Waals surface area contributed by atoms with Gasteiger partial charge >= 0.3 is 0 Å². The van der Waals surface area contributed by atoms with E-state index in [1.807, 2.05) is 44.2 Å². The molecule has 112 valence electrons. The van der Waals surface area contributed by atoms with Crippen LogP contribution < -0.4 is 4.89 Å². The molecule has 0 radical (unpaired) electrons. The van der Waals surface area contributed by atoms with Crippen molar-refractivity contribution in [2.24, 2.45) is 0 Å². The van der Waals surface area contributed by atoms with Gasteiger partial charge in [-0.05, 0) is 46.6 Å². The number of hydrogen-bond acceptors (Lipinski definition) is 3. The molecule has 0 spiro atoms. The van der Waals surface area contributed by atoms with Crippen LogP contribution in [-0.4, -0.2) is 22.9 Å². The molecule has 0 aliphatic carbocycles. The van der Waals surface area contributed by atoms with Crippen LogP contribution in [-0.2, 0) is 4.52 Å². The molecule has 3 nitrogen and oxygen atoms in total. The van der Waals surface area contributed by atoms with Crippen molar-refractivity contribution < 1.29 is 9.42 Å². The van der Waals surface area contributed by atoms with Crippen molar-refractivity contribution in [3.05, 3.63) is 35.9 Å². The smallest absolute Gasteiger partial charge is 0.181 e. The van der Waals surface area contributed by atoms with Gasteiger partial charge in [-0.3, -0.25) is 0 Å². The quantitative estimate of drug-likeness (QED) is 0.779. The van der Waals surface area contributed by atoms with Crippen molar-refractivity contribution in [3.8, 4) is 0 Å². The Bertz CT molecular complexity index is 446. The third-order valence-corrected chi connectivity index (χ3v) is 7.37. The molecule has 3 atom stereocenters. The average Bonchev–Trinajstić information content (AvgIpc) is 2.37. The van der Waals surface area contributed by atoms with E-state index in [1.165, 1.54) is 0 Å². The van der Waals surface area contributed by atoms with Gasteiger partial charge in [-0.1, -0.05) is 30.3 Å². The fourth-order valence-electron chi connectivity index (χ4n) is 2.78. The second-order valence-corrected chi connectivity index (χ2v) is 9.25. The van der Waals surface area contributed by atoms with Crippen molar-refractivity contribution in [3.63, 3.8) is 0 Å². The fraction of sp³-hybridized carbons (Fsp3) is 0.625. The Kier molecular flexibility index (Phi) is 4.56. The molecule has 20 heavy (non-hydrogen) atoms. The Morgan fingerprint density at radius 3 is 2.45 bits per heavy atom. The van der Waals surface area contributed by atoms with Crippen LogP contribution in [0, 0.1) is 0 Å². The topological polar surface area (TPSA) is 35.5 Å². The number of hydrogen-bond donors (Lipinski definition) is 0. The molecule has 1 aliphatic heterocycles. The summed E-state index contributed by atoms with van der Waals surface area (Å²) in [5.41, 5.74) is 0.823. The van der Waals surface area contributed by atoms with Gasteiger partial charge in [-0.2, -0.15) is 4.67 Å². The summed E-state index contributed by atoms with van der Waals surface area (Å²) in [4.78, 5) is 13.6. The molecule has 0 N–H and O–H groups in total. The third-order valence-electron chi connectivity index (χ3n) is 3.96. The van der Waals surface area contributed by atoms with Gasteiger partial charge in [0.15, 0.2) is 7.87 Å². The van der Waals surface area contributed by atoms with Crippen molar-refractivity contribution in [1.82, 2.24) is 4.67 Å². The van der Waals surface area contributed by atoms with E-state index in [-0.39, 0.29) is 17.3 Å². The first-order valence-electron chi connectivity index (χ1n) is 7.36. The van der Waals surface area contributed by atoms with Crippen LogP contribution >= 0.6 is 7.87 Å². The minimum atomic E-state index is -2.88. The van der Waals surface area contributed by atoms with E-state index >= 15 is 0 Å². The van der Waals surface area contributed by atoms with Gasteiger partial charge in [-0.15, -0.1) is 0 Å². The highest BCUT2D eigenvalue weighted by molar-refractivity contribution is 7.62. The van der Waals surface area contributed by atoms with Gasteiger partial charge in [0, 0.05) is 12.1 Å². The summed E-state index contributed by atoms with van der Waals surface area (Å²) in [5.74, 6) is 0. The summed E-state index contributed by atoms with van der Waals surface area (Å²) in [5, 5.41) is 0.